The van der Waals surface area contributed by atoms with E-state index >= 15 is 0 Å². The number of hydrogen-bond acceptors (Lipinski definition) is 8. The monoisotopic (exact) mass is 455 g/mol. The molecule has 1 fully saturated rings. The van der Waals surface area contributed by atoms with E-state index in [-0.39, 0.29) is 18.2 Å². The average Bonchev–Trinajstić information content (AvgIpc) is 3.47. The first kappa shape index (κ1) is 20.2. The second kappa shape index (κ2) is 8.81. The van der Waals surface area contributed by atoms with Crippen molar-refractivity contribution in [2.24, 2.45) is 0 Å². The minimum absolute atomic E-state index is 0.0180. The molecule has 1 N–H and O–H groups in total. The summed E-state index contributed by atoms with van der Waals surface area (Å²) >= 11 is 3.04. The lowest BCUT2D eigenvalue weighted by atomic mass is 10.2. The summed E-state index contributed by atoms with van der Waals surface area (Å²) in [4.78, 5) is 35.7. The van der Waals surface area contributed by atoms with E-state index in [1.54, 1.807) is 11.3 Å². The van der Waals surface area contributed by atoms with Crippen molar-refractivity contribution in [3.8, 4) is 10.7 Å². The molecule has 3 aromatic rings. The zero-order chi connectivity index (χ0) is 21.2. The highest BCUT2D eigenvalue weighted by atomic mass is 32.2. The smallest absolute Gasteiger partial charge is 0.241 e. The number of thioether (sulfide) groups is 1. The van der Waals surface area contributed by atoms with Crippen LogP contribution < -0.4 is 5.32 Å². The summed E-state index contributed by atoms with van der Waals surface area (Å²) < 4.78 is 5.38. The van der Waals surface area contributed by atoms with Crippen molar-refractivity contribution in [3.63, 3.8) is 0 Å². The highest BCUT2D eigenvalue weighted by molar-refractivity contribution is 8.01. The number of hydrogen-bond donors (Lipinski definition) is 1. The molecular formula is C21H21N5O3S2. The number of para-hydroxylation sites is 1. The maximum atomic E-state index is 12.8. The summed E-state index contributed by atoms with van der Waals surface area (Å²) in [6.07, 6.45) is 0.207. The summed E-state index contributed by atoms with van der Waals surface area (Å²) in [5.41, 5.74) is 0.818. The quantitative estimate of drug-likeness (QED) is 0.632. The molecule has 2 aliphatic rings. The molecule has 4 heterocycles. The van der Waals surface area contributed by atoms with E-state index in [4.69, 9.17) is 4.52 Å². The van der Waals surface area contributed by atoms with Crippen LogP contribution in [0.3, 0.4) is 0 Å². The molecule has 0 radical (unpaired) electrons. The molecular weight excluding hydrogens is 434 g/mol. The van der Waals surface area contributed by atoms with Crippen molar-refractivity contribution in [2.45, 2.75) is 23.1 Å². The Morgan fingerprint density at radius 1 is 1.16 bits per heavy atom. The lowest BCUT2D eigenvalue weighted by Gasteiger charge is -2.35. The van der Waals surface area contributed by atoms with Gasteiger partial charge in [0.05, 0.1) is 22.4 Å². The van der Waals surface area contributed by atoms with Gasteiger partial charge < -0.3 is 14.7 Å². The fraction of sp³-hybridized carbons (Fsp3) is 0.333. The van der Waals surface area contributed by atoms with E-state index < -0.39 is 5.25 Å². The summed E-state index contributed by atoms with van der Waals surface area (Å²) in [5.74, 6) is 1.11. The maximum Gasteiger partial charge on any atom is 0.241 e. The van der Waals surface area contributed by atoms with E-state index in [9.17, 15) is 9.59 Å². The number of piperazine rings is 1. The van der Waals surface area contributed by atoms with Gasteiger partial charge in [-0.05, 0) is 23.6 Å². The van der Waals surface area contributed by atoms with Gasteiger partial charge in [-0.25, -0.2) is 0 Å². The third-order valence-corrected chi connectivity index (χ3v) is 7.50. The molecule has 160 valence electrons. The molecule has 2 aromatic heterocycles. The van der Waals surface area contributed by atoms with Gasteiger partial charge in [0.15, 0.2) is 0 Å². The number of thiophene rings is 1. The molecule has 1 aromatic carbocycles. The van der Waals surface area contributed by atoms with Gasteiger partial charge in [0.2, 0.25) is 23.5 Å². The molecule has 2 aliphatic heterocycles. The molecule has 0 spiro atoms. The van der Waals surface area contributed by atoms with Crippen LogP contribution in [0.2, 0.25) is 0 Å². The topological polar surface area (TPSA) is 91.6 Å². The predicted octanol–water partition coefficient (Wildman–Crippen LogP) is 2.95. The second-order valence-electron chi connectivity index (χ2n) is 7.44. The van der Waals surface area contributed by atoms with E-state index in [0.717, 1.165) is 28.5 Å². The number of nitrogens with zero attached hydrogens (tertiary/aromatic N) is 4. The molecule has 1 saturated heterocycles. The number of nitrogens with one attached hydrogen (secondary N) is 1. The molecule has 2 amide bonds. The van der Waals surface area contributed by atoms with Crippen LogP contribution in [0.5, 0.6) is 0 Å². The zero-order valence-corrected chi connectivity index (χ0v) is 18.3. The first-order chi connectivity index (χ1) is 15.2. The fourth-order valence-corrected chi connectivity index (χ4v) is 5.44. The number of rotatable bonds is 5. The summed E-state index contributed by atoms with van der Waals surface area (Å²) in [7, 11) is 0. The Morgan fingerprint density at radius 3 is 2.81 bits per heavy atom. The Hall–Kier alpha value is -2.69. The summed E-state index contributed by atoms with van der Waals surface area (Å²) in [6.45, 7) is 3.28. The largest absolute Gasteiger partial charge is 0.340 e. The molecule has 10 heteroatoms. The number of anilines is 1. The van der Waals surface area contributed by atoms with E-state index in [2.05, 4.69) is 20.4 Å². The Balaban J connectivity index is 1.12. The Morgan fingerprint density at radius 2 is 2.00 bits per heavy atom. The van der Waals surface area contributed by atoms with Crippen LogP contribution in [0.1, 0.15) is 12.3 Å². The number of fused-ring (bicyclic) bond motifs is 1. The van der Waals surface area contributed by atoms with Crippen molar-refractivity contribution in [3.05, 3.63) is 47.7 Å². The van der Waals surface area contributed by atoms with Crippen LogP contribution in [0.4, 0.5) is 5.69 Å². The molecule has 0 saturated carbocycles. The van der Waals surface area contributed by atoms with Gasteiger partial charge in [0.25, 0.3) is 0 Å². The fourth-order valence-electron chi connectivity index (χ4n) is 3.69. The third-order valence-electron chi connectivity index (χ3n) is 5.36. The summed E-state index contributed by atoms with van der Waals surface area (Å²) in [6, 6.07) is 11.6. The molecule has 8 nitrogen and oxygen atoms in total. The van der Waals surface area contributed by atoms with Crippen LogP contribution in [0, 0.1) is 0 Å². The maximum absolute atomic E-state index is 12.8. The van der Waals surface area contributed by atoms with Gasteiger partial charge in [-0.15, -0.1) is 23.1 Å². The normalized spacial score (nSPS) is 19.2. The number of carbonyl (C=O) groups excluding carboxylic acids is 2. The van der Waals surface area contributed by atoms with Gasteiger partial charge in [-0.2, -0.15) is 4.98 Å². The van der Waals surface area contributed by atoms with E-state index in [1.807, 2.05) is 46.7 Å². The lowest BCUT2D eigenvalue weighted by molar-refractivity contribution is -0.134. The third kappa shape index (κ3) is 4.51. The summed E-state index contributed by atoms with van der Waals surface area (Å²) in [5, 5.41) is 8.54. The molecule has 0 bridgehead atoms. The van der Waals surface area contributed by atoms with E-state index in [0.29, 0.717) is 31.3 Å². The van der Waals surface area contributed by atoms with Gasteiger partial charge in [0, 0.05) is 37.5 Å². The Kier molecular flexibility index (Phi) is 5.75. The average molecular weight is 456 g/mol. The highest BCUT2D eigenvalue weighted by Crippen LogP contribution is 2.36. The van der Waals surface area contributed by atoms with E-state index in [1.165, 1.54) is 11.8 Å². The van der Waals surface area contributed by atoms with Crippen molar-refractivity contribution < 1.29 is 14.1 Å². The van der Waals surface area contributed by atoms with Gasteiger partial charge >= 0.3 is 0 Å². The second-order valence-corrected chi connectivity index (χ2v) is 9.63. The van der Waals surface area contributed by atoms with Crippen molar-refractivity contribution in [1.82, 2.24) is 19.9 Å². The SMILES string of the molecule is O=C1Nc2ccccc2S[C@H]1CC(=O)N1CCN(Cc2nc(-c3cccs3)no2)CC1. The molecule has 0 unspecified atom stereocenters. The minimum atomic E-state index is -0.394. The molecule has 5 rings (SSSR count). The van der Waals surface area contributed by atoms with Crippen LogP contribution in [0.25, 0.3) is 10.7 Å². The number of amides is 2. The Bertz CT molecular complexity index is 1080. The van der Waals surface area contributed by atoms with Gasteiger partial charge in [0.1, 0.15) is 0 Å². The van der Waals surface area contributed by atoms with Crippen molar-refractivity contribution in [2.75, 3.05) is 31.5 Å². The van der Waals surface area contributed by atoms with Gasteiger partial charge in [-0.3, -0.25) is 14.5 Å². The highest BCUT2D eigenvalue weighted by Gasteiger charge is 2.31. The van der Waals surface area contributed by atoms with Crippen LogP contribution in [0.15, 0.2) is 51.2 Å². The predicted molar refractivity (Wildman–Crippen MR) is 119 cm³/mol. The molecule has 0 aliphatic carbocycles. The van der Waals surface area contributed by atoms with Crippen LogP contribution in [-0.2, 0) is 16.1 Å². The lowest BCUT2D eigenvalue weighted by Crippen LogP contribution is -2.49. The number of aromatic nitrogens is 2. The first-order valence-corrected chi connectivity index (χ1v) is 11.8. The first-order valence-electron chi connectivity index (χ1n) is 10.1. The van der Waals surface area contributed by atoms with Crippen LogP contribution in [-0.4, -0.2) is 63.2 Å². The zero-order valence-electron chi connectivity index (χ0n) is 16.7. The molecule has 31 heavy (non-hydrogen) atoms. The van der Waals surface area contributed by atoms with Gasteiger partial charge in [-0.1, -0.05) is 23.4 Å². The standard InChI is InChI=1S/C21H21N5O3S2/c27-19(12-17-21(28)22-14-4-1-2-5-15(14)31-17)26-9-7-25(8-10-26)13-18-23-20(24-29-18)16-6-3-11-30-16/h1-6,11,17H,7-10,12-13H2,(H,22,28)/t17-/m0/s1. The van der Waals surface area contributed by atoms with Crippen molar-refractivity contribution in [1.29, 1.82) is 0 Å². The number of benzene rings is 1. The number of carbonyl (C=O) groups is 2. The Labute approximate surface area is 187 Å². The van der Waals surface area contributed by atoms with Crippen LogP contribution >= 0.6 is 23.1 Å². The van der Waals surface area contributed by atoms with Crippen molar-refractivity contribution >= 4 is 40.6 Å². The minimum Gasteiger partial charge on any atom is -0.340 e. The molecule has 1 atom stereocenters.